The minimum atomic E-state index is -0.634. The Morgan fingerprint density at radius 1 is 1.05 bits per heavy atom. The summed E-state index contributed by atoms with van der Waals surface area (Å²) in [6.45, 7) is 1.96. The van der Waals surface area contributed by atoms with Crippen molar-refractivity contribution < 1.29 is 9.53 Å². The lowest BCUT2D eigenvalue weighted by atomic mass is 10.3. The molecule has 22 heavy (non-hydrogen) atoms. The molecule has 6 nitrogen and oxygen atoms in total. The van der Waals surface area contributed by atoms with Crippen LogP contribution in [0.1, 0.15) is 6.92 Å². The highest BCUT2D eigenvalue weighted by atomic mass is 16.5. The lowest BCUT2D eigenvalue weighted by molar-refractivity contribution is -0.135. The molecule has 0 aliphatic heterocycles. The quantitative estimate of drug-likeness (QED) is 0.307. The van der Waals surface area contributed by atoms with Crippen LogP contribution in [0.3, 0.4) is 0 Å². The molecule has 0 unspecified atom stereocenters. The molecule has 0 radical (unpaired) electrons. The van der Waals surface area contributed by atoms with Crippen LogP contribution < -0.4 is 5.43 Å². The van der Waals surface area contributed by atoms with Gasteiger partial charge in [0, 0.05) is 0 Å². The molecule has 0 aliphatic rings. The standard InChI is InChI=1S/C16H16N4O2/c1-2-22-16(21)15(19-17-13-9-5-3-6-10-13)20-18-14-11-7-4-8-12-14/h3-12,17H,2H2,1H3. The van der Waals surface area contributed by atoms with Crippen molar-refractivity contribution in [3.63, 3.8) is 0 Å². The molecular formula is C16H16N4O2. The molecule has 0 fully saturated rings. The predicted molar refractivity (Wildman–Crippen MR) is 85.1 cm³/mol. The van der Waals surface area contributed by atoms with Gasteiger partial charge in [-0.15, -0.1) is 15.3 Å². The number of para-hydroxylation sites is 1. The van der Waals surface area contributed by atoms with Crippen molar-refractivity contribution in [3.8, 4) is 0 Å². The summed E-state index contributed by atoms with van der Waals surface area (Å²) in [7, 11) is 0. The van der Waals surface area contributed by atoms with Crippen LogP contribution in [0.4, 0.5) is 11.4 Å². The maximum absolute atomic E-state index is 11.8. The Balaban J connectivity index is 2.15. The average Bonchev–Trinajstić information content (AvgIpc) is 2.57. The summed E-state index contributed by atoms with van der Waals surface area (Å²) in [5.74, 6) is -0.778. The Bertz CT molecular complexity index is 654. The van der Waals surface area contributed by atoms with E-state index in [1.54, 1.807) is 19.1 Å². The van der Waals surface area contributed by atoms with Crippen molar-refractivity contribution in [2.45, 2.75) is 6.92 Å². The van der Waals surface area contributed by atoms with Gasteiger partial charge in [-0.3, -0.25) is 5.43 Å². The average molecular weight is 296 g/mol. The number of anilines is 1. The molecule has 0 atom stereocenters. The van der Waals surface area contributed by atoms with E-state index in [1.165, 1.54) is 0 Å². The lowest BCUT2D eigenvalue weighted by Gasteiger charge is -2.02. The molecule has 0 saturated heterocycles. The summed E-state index contributed by atoms with van der Waals surface area (Å²) in [5.41, 5.74) is 4.11. The Kier molecular flexibility index (Phi) is 5.80. The molecule has 0 aliphatic carbocycles. The number of hydrazone groups is 1. The molecule has 6 heteroatoms. The fraction of sp³-hybridized carbons (Fsp3) is 0.125. The smallest absolute Gasteiger partial charge is 0.380 e. The Morgan fingerprint density at radius 3 is 2.32 bits per heavy atom. The molecule has 0 heterocycles. The van der Waals surface area contributed by atoms with Crippen molar-refractivity contribution in [3.05, 3.63) is 60.7 Å². The van der Waals surface area contributed by atoms with Gasteiger partial charge in [-0.05, 0) is 31.2 Å². The highest BCUT2D eigenvalue weighted by Gasteiger charge is 2.12. The van der Waals surface area contributed by atoms with E-state index in [9.17, 15) is 4.79 Å². The number of nitrogens with zero attached hydrogens (tertiary/aromatic N) is 3. The first kappa shape index (κ1) is 15.4. The van der Waals surface area contributed by atoms with E-state index in [-0.39, 0.29) is 12.4 Å². The minimum Gasteiger partial charge on any atom is -0.460 e. The second-order valence-corrected chi connectivity index (χ2v) is 4.17. The number of azo groups is 1. The van der Waals surface area contributed by atoms with Gasteiger partial charge in [0.15, 0.2) is 0 Å². The number of ether oxygens (including phenoxy) is 1. The van der Waals surface area contributed by atoms with E-state index >= 15 is 0 Å². The zero-order valence-corrected chi connectivity index (χ0v) is 12.1. The molecular weight excluding hydrogens is 280 g/mol. The number of rotatable bonds is 4. The first-order valence-corrected chi connectivity index (χ1v) is 6.82. The van der Waals surface area contributed by atoms with E-state index in [0.29, 0.717) is 5.69 Å². The monoisotopic (exact) mass is 296 g/mol. The maximum atomic E-state index is 11.8. The Labute approximate surface area is 128 Å². The minimum absolute atomic E-state index is 0.144. The summed E-state index contributed by atoms with van der Waals surface area (Å²) >= 11 is 0. The summed E-state index contributed by atoms with van der Waals surface area (Å²) in [6, 6.07) is 18.3. The number of carbonyl (C=O) groups is 1. The van der Waals surface area contributed by atoms with Crippen LogP contribution in [0, 0.1) is 0 Å². The van der Waals surface area contributed by atoms with E-state index in [2.05, 4.69) is 20.8 Å². The summed E-state index contributed by atoms with van der Waals surface area (Å²) in [6.07, 6.45) is 0. The third-order valence-electron chi connectivity index (χ3n) is 2.54. The van der Waals surface area contributed by atoms with Crippen molar-refractivity contribution in [1.82, 2.24) is 0 Å². The third-order valence-corrected chi connectivity index (χ3v) is 2.54. The highest BCUT2D eigenvalue weighted by Crippen LogP contribution is 2.11. The number of hydrogen-bond acceptors (Lipinski definition) is 5. The second-order valence-electron chi connectivity index (χ2n) is 4.17. The van der Waals surface area contributed by atoms with Gasteiger partial charge < -0.3 is 4.74 Å². The number of nitrogens with one attached hydrogen (secondary N) is 1. The Morgan fingerprint density at radius 2 is 1.68 bits per heavy atom. The zero-order chi connectivity index (χ0) is 15.6. The fourth-order valence-electron chi connectivity index (χ4n) is 1.53. The lowest BCUT2D eigenvalue weighted by Crippen LogP contribution is -2.16. The van der Waals surface area contributed by atoms with Gasteiger partial charge in [-0.25, -0.2) is 4.79 Å². The molecule has 2 aromatic carbocycles. The molecule has 0 saturated carbocycles. The van der Waals surface area contributed by atoms with E-state index in [0.717, 1.165) is 5.69 Å². The number of amidine groups is 1. The van der Waals surface area contributed by atoms with Crippen molar-refractivity contribution in [2.24, 2.45) is 15.3 Å². The molecule has 0 spiro atoms. The SMILES string of the molecule is CCOC(=O)C(N=Nc1ccccc1)=NNc1ccccc1. The van der Waals surface area contributed by atoms with Crippen LogP contribution in [0.2, 0.25) is 0 Å². The van der Waals surface area contributed by atoms with Crippen LogP contribution >= 0.6 is 0 Å². The van der Waals surface area contributed by atoms with Crippen LogP contribution in [0.25, 0.3) is 0 Å². The molecule has 112 valence electrons. The van der Waals surface area contributed by atoms with Crippen molar-refractivity contribution in [1.29, 1.82) is 0 Å². The second kappa shape index (κ2) is 8.31. The predicted octanol–water partition coefficient (Wildman–Crippen LogP) is 3.76. The zero-order valence-electron chi connectivity index (χ0n) is 12.1. The molecule has 2 aromatic rings. The number of hydrogen-bond donors (Lipinski definition) is 1. The van der Waals surface area contributed by atoms with Crippen LogP contribution in [0.15, 0.2) is 76.0 Å². The topological polar surface area (TPSA) is 75.4 Å². The largest absolute Gasteiger partial charge is 0.460 e. The van der Waals surface area contributed by atoms with Gasteiger partial charge in [0.05, 0.1) is 18.0 Å². The summed E-state index contributed by atoms with van der Waals surface area (Å²) in [4.78, 5) is 11.8. The molecule has 0 aromatic heterocycles. The first-order chi connectivity index (χ1) is 10.8. The van der Waals surface area contributed by atoms with Crippen LogP contribution in [-0.2, 0) is 9.53 Å². The van der Waals surface area contributed by atoms with Crippen LogP contribution in [0.5, 0.6) is 0 Å². The molecule has 0 bridgehead atoms. The van der Waals surface area contributed by atoms with Gasteiger partial charge in [0.1, 0.15) is 0 Å². The normalized spacial score (nSPS) is 11.4. The van der Waals surface area contributed by atoms with Crippen molar-refractivity contribution >= 4 is 23.2 Å². The number of esters is 1. The number of carbonyl (C=O) groups excluding carboxylic acids is 1. The van der Waals surface area contributed by atoms with E-state index in [4.69, 9.17) is 4.74 Å². The van der Waals surface area contributed by atoms with Gasteiger partial charge in [-0.2, -0.15) is 0 Å². The van der Waals surface area contributed by atoms with Crippen LogP contribution in [-0.4, -0.2) is 18.4 Å². The fourth-order valence-corrected chi connectivity index (χ4v) is 1.53. The van der Waals surface area contributed by atoms with Gasteiger partial charge in [0.2, 0.25) is 0 Å². The Hall–Kier alpha value is -3.02. The first-order valence-electron chi connectivity index (χ1n) is 6.82. The maximum Gasteiger partial charge on any atom is 0.380 e. The van der Waals surface area contributed by atoms with E-state index < -0.39 is 5.97 Å². The molecule has 2 rings (SSSR count). The summed E-state index contributed by atoms with van der Waals surface area (Å²) in [5, 5.41) is 11.8. The third kappa shape index (κ3) is 4.82. The van der Waals surface area contributed by atoms with Gasteiger partial charge in [0.25, 0.3) is 5.84 Å². The van der Waals surface area contributed by atoms with Crippen molar-refractivity contribution in [2.75, 3.05) is 12.0 Å². The molecule has 0 amide bonds. The molecule has 1 N–H and O–H groups in total. The van der Waals surface area contributed by atoms with Gasteiger partial charge in [-0.1, -0.05) is 36.4 Å². The summed E-state index contributed by atoms with van der Waals surface area (Å²) < 4.78 is 4.92. The highest BCUT2D eigenvalue weighted by molar-refractivity contribution is 6.35. The number of benzene rings is 2. The van der Waals surface area contributed by atoms with E-state index in [1.807, 2.05) is 48.5 Å². The van der Waals surface area contributed by atoms with Gasteiger partial charge >= 0.3 is 5.97 Å².